The van der Waals surface area contributed by atoms with E-state index in [1.807, 2.05) is 0 Å². The number of hydrogen-bond acceptors (Lipinski definition) is 7. The maximum Gasteiger partial charge on any atom is 0.340 e. The van der Waals surface area contributed by atoms with Crippen LogP contribution in [-0.4, -0.2) is 51.4 Å². The van der Waals surface area contributed by atoms with Crippen molar-refractivity contribution in [2.75, 3.05) is 17.8 Å². The summed E-state index contributed by atoms with van der Waals surface area (Å²) in [7, 11) is -4.17. The second-order valence-corrected chi connectivity index (χ2v) is 10.4. The van der Waals surface area contributed by atoms with Gasteiger partial charge in [0.1, 0.15) is 6.10 Å². The first-order chi connectivity index (χ1) is 15.9. The molecule has 0 bridgehead atoms. The molecule has 184 valence electrons. The number of ether oxygens (including phenoxy) is 2. The van der Waals surface area contributed by atoms with Gasteiger partial charge in [0, 0.05) is 27.2 Å². The van der Waals surface area contributed by atoms with E-state index in [4.69, 9.17) is 36.9 Å². The monoisotopic (exact) mass is 529 g/mol. The van der Waals surface area contributed by atoms with E-state index in [2.05, 4.69) is 0 Å². The van der Waals surface area contributed by atoms with Crippen LogP contribution in [0, 0.1) is 0 Å². The van der Waals surface area contributed by atoms with E-state index in [1.54, 1.807) is 63.2 Å². The highest BCUT2D eigenvalue weighted by Gasteiger charge is 2.47. The number of carbonyl (C=O) groups is 2. The topological polar surface area (TPSA) is 99.2 Å². The standard InChI is InChI=1S/C23H25Cl2NO7S/c1-5-31-23(28)21(33-34(4,29)30)20-22(27)26(13(2)3)18-11-10-14(24)12-16(18)19(32-20)15-8-6-7-9-17(15)25/h6-13,19-21H,5H2,1-4H3/t19-,20+,21-/m1/s1. The van der Waals surface area contributed by atoms with Crippen molar-refractivity contribution in [2.24, 2.45) is 0 Å². The van der Waals surface area contributed by atoms with Crippen molar-refractivity contribution >= 4 is 50.9 Å². The van der Waals surface area contributed by atoms with Crippen LogP contribution in [0.4, 0.5) is 5.69 Å². The fourth-order valence-corrected chi connectivity index (χ4v) is 4.75. The Labute approximate surface area is 208 Å². The SMILES string of the molecule is CCOC(=O)[C@H](OS(C)(=O)=O)[C@@H]1O[C@H](c2ccccc2Cl)c2cc(Cl)ccc2N(C(C)C)C1=O. The summed E-state index contributed by atoms with van der Waals surface area (Å²) in [4.78, 5) is 28.0. The van der Waals surface area contributed by atoms with Crippen LogP contribution in [0.1, 0.15) is 38.0 Å². The minimum Gasteiger partial charge on any atom is -0.464 e. The number of esters is 1. The third kappa shape index (κ3) is 5.72. The van der Waals surface area contributed by atoms with E-state index in [9.17, 15) is 18.0 Å². The van der Waals surface area contributed by atoms with Crippen molar-refractivity contribution in [1.29, 1.82) is 0 Å². The van der Waals surface area contributed by atoms with Crippen LogP contribution in [0.3, 0.4) is 0 Å². The van der Waals surface area contributed by atoms with Gasteiger partial charge in [0.2, 0.25) is 6.10 Å². The molecule has 0 spiro atoms. The van der Waals surface area contributed by atoms with Gasteiger partial charge in [-0.15, -0.1) is 0 Å². The van der Waals surface area contributed by atoms with Crippen LogP contribution in [0.2, 0.25) is 10.0 Å². The second-order valence-electron chi connectivity index (χ2n) is 7.94. The van der Waals surface area contributed by atoms with Crippen LogP contribution in [0.25, 0.3) is 0 Å². The van der Waals surface area contributed by atoms with Crippen LogP contribution < -0.4 is 4.90 Å². The lowest BCUT2D eigenvalue weighted by Crippen LogP contribution is -2.52. The lowest BCUT2D eigenvalue weighted by molar-refractivity contribution is -0.165. The molecule has 3 atom stereocenters. The van der Waals surface area contributed by atoms with E-state index >= 15 is 0 Å². The van der Waals surface area contributed by atoms with Crippen LogP contribution >= 0.6 is 23.2 Å². The summed E-state index contributed by atoms with van der Waals surface area (Å²) >= 11 is 12.8. The molecule has 8 nitrogen and oxygen atoms in total. The van der Waals surface area contributed by atoms with Crippen LogP contribution in [0.5, 0.6) is 0 Å². The van der Waals surface area contributed by atoms with Crippen molar-refractivity contribution in [1.82, 2.24) is 0 Å². The smallest absolute Gasteiger partial charge is 0.340 e. The number of benzene rings is 2. The predicted octanol–water partition coefficient (Wildman–Crippen LogP) is 4.13. The molecular weight excluding hydrogens is 505 g/mol. The first-order valence-electron chi connectivity index (χ1n) is 10.5. The molecule has 0 N–H and O–H groups in total. The molecule has 34 heavy (non-hydrogen) atoms. The fourth-order valence-electron chi connectivity index (χ4n) is 3.78. The van der Waals surface area contributed by atoms with Gasteiger partial charge in [-0.1, -0.05) is 41.4 Å². The number of anilines is 1. The molecular formula is C23H25Cl2NO7S. The predicted molar refractivity (Wildman–Crippen MR) is 129 cm³/mol. The summed E-state index contributed by atoms with van der Waals surface area (Å²) in [6.07, 6.45) is -3.73. The maximum atomic E-state index is 13.8. The van der Waals surface area contributed by atoms with Gasteiger partial charge < -0.3 is 14.4 Å². The Balaban J connectivity index is 2.27. The minimum atomic E-state index is -4.17. The summed E-state index contributed by atoms with van der Waals surface area (Å²) in [5.41, 5.74) is 1.50. The van der Waals surface area contributed by atoms with Gasteiger partial charge in [0.25, 0.3) is 16.0 Å². The third-order valence-electron chi connectivity index (χ3n) is 5.07. The molecule has 2 aromatic rings. The van der Waals surface area contributed by atoms with Gasteiger partial charge in [0.05, 0.1) is 18.6 Å². The fraction of sp³-hybridized carbons (Fsp3) is 0.391. The Hall–Kier alpha value is -2.17. The number of amides is 1. The Bertz CT molecular complexity index is 1190. The van der Waals surface area contributed by atoms with Gasteiger partial charge in [0.15, 0.2) is 6.10 Å². The first-order valence-corrected chi connectivity index (χ1v) is 13.1. The van der Waals surface area contributed by atoms with E-state index in [0.29, 0.717) is 26.9 Å². The zero-order chi connectivity index (χ0) is 25.2. The molecule has 11 heteroatoms. The average Bonchev–Trinajstić information content (AvgIpc) is 2.86. The van der Waals surface area contributed by atoms with Gasteiger partial charge in [-0.2, -0.15) is 8.42 Å². The van der Waals surface area contributed by atoms with Crippen LogP contribution in [0.15, 0.2) is 42.5 Å². The molecule has 0 aromatic heterocycles. The van der Waals surface area contributed by atoms with Crippen molar-refractivity contribution < 1.29 is 31.7 Å². The summed E-state index contributed by atoms with van der Waals surface area (Å²) in [5, 5.41) is 0.739. The Morgan fingerprint density at radius 1 is 1.15 bits per heavy atom. The van der Waals surface area contributed by atoms with Gasteiger partial charge in [-0.25, -0.2) is 4.79 Å². The van der Waals surface area contributed by atoms with Crippen molar-refractivity contribution in [3.05, 3.63) is 63.6 Å². The highest BCUT2D eigenvalue weighted by molar-refractivity contribution is 7.86. The molecule has 0 unspecified atom stereocenters. The Morgan fingerprint density at radius 3 is 2.41 bits per heavy atom. The average molecular weight is 530 g/mol. The van der Waals surface area contributed by atoms with Crippen LogP contribution in [-0.2, 0) is 33.4 Å². The van der Waals surface area contributed by atoms with E-state index in [-0.39, 0.29) is 12.6 Å². The number of carbonyl (C=O) groups excluding carboxylic acids is 2. The number of hydrogen-bond donors (Lipinski definition) is 0. The number of nitrogens with zero attached hydrogens (tertiary/aromatic N) is 1. The largest absolute Gasteiger partial charge is 0.464 e. The molecule has 0 saturated heterocycles. The zero-order valence-electron chi connectivity index (χ0n) is 19.0. The van der Waals surface area contributed by atoms with Crippen molar-refractivity contribution in [2.45, 2.75) is 45.1 Å². The molecule has 2 aromatic carbocycles. The molecule has 3 rings (SSSR count). The summed E-state index contributed by atoms with van der Waals surface area (Å²) in [6.45, 7) is 5.05. The van der Waals surface area contributed by atoms with Crippen molar-refractivity contribution in [3.8, 4) is 0 Å². The van der Waals surface area contributed by atoms with Gasteiger partial charge >= 0.3 is 5.97 Å². The lowest BCUT2D eigenvalue weighted by Gasteiger charge is -2.30. The molecule has 0 saturated carbocycles. The second kappa shape index (κ2) is 10.6. The van der Waals surface area contributed by atoms with E-state index in [0.717, 1.165) is 6.26 Å². The third-order valence-corrected chi connectivity index (χ3v) is 6.21. The van der Waals surface area contributed by atoms with E-state index in [1.165, 1.54) is 4.90 Å². The number of fused-ring (bicyclic) bond motifs is 1. The Morgan fingerprint density at radius 2 is 1.82 bits per heavy atom. The number of rotatable bonds is 7. The highest BCUT2D eigenvalue weighted by atomic mass is 35.5. The normalized spacial score (nSPS) is 19.5. The van der Waals surface area contributed by atoms with E-state index < -0.39 is 40.3 Å². The highest BCUT2D eigenvalue weighted by Crippen LogP contribution is 2.42. The van der Waals surface area contributed by atoms with Crippen molar-refractivity contribution in [3.63, 3.8) is 0 Å². The summed E-state index contributed by atoms with van der Waals surface area (Å²) in [5.74, 6) is -1.72. The maximum absolute atomic E-state index is 13.8. The molecule has 1 heterocycles. The first kappa shape index (κ1) is 26.4. The van der Waals surface area contributed by atoms with Gasteiger partial charge in [-0.3, -0.25) is 8.98 Å². The quantitative estimate of drug-likeness (QED) is 0.392. The summed E-state index contributed by atoms with van der Waals surface area (Å²) in [6, 6.07) is 11.4. The van der Waals surface area contributed by atoms with Gasteiger partial charge in [-0.05, 0) is 45.0 Å². The molecule has 0 fully saturated rings. The minimum absolute atomic E-state index is 0.0545. The lowest BCUT2D eigenvalue weighted by atomic mass is 9.99. The molecule has 1 amide bonds. The molecule has 1 aliphatic rings. The number of halogens is 2. The molecule has 0 radical (unpaired) electrons. The summed E-state index contributed by atoms with van der Waals surface area (Å²) < 4.78 is 40.3. The molecule has 0 aliphatic carbocycles. The Kier molecular flexibility index (Phi) is 8.26. The zero-order valence-corrected chi connectivity index (χ0v) is 21.4. The molecule has 1 aliphatic heterocycles.